The summed E-state index contributed by atoms with van der Waals surface area (Å²) in [6, 6.07) is 65.5. The summed E-state index contributed by atoms with van der Waals surface area (Å²) in [5, 5.41) is 46.3. The fourth-order valence-electron chi connectivity index (χ4n) is 15.2. The number of H-pyrrole nitrogens is 3. The summed E-state index contributed by atoms with van der Waals surface area (Å²) in [6.07, 6.45) is 5.07. The molecule has 0 radical (unpaired) electrons. The molecule has 124 heavy (non-hydrogen) atoms. The van der Waals surface area contributed by atoms with Gasteiger partial charge in [-0.1, -0.05) is 78.9 Å². The molecule has 0 atom stereocenters. The SMILES string of the molecule is CN(C)c1ccc(NC(=O)c2nc(-c3cccc4c(N)cccc34)n3c2CN(C(=O)c2ccc[nH]2)CC3)cc1.CN(C)c1ccc(NC(=O)c2nc(-c3cccc4c([N+](=O)[O-])cccc34)n3c2CN(C(=O)c2ccc[nH]2)CC3)cc1.CN(C)c1ccc(NC(=O)c2nc(-c3cccc4c([N+](=O)[O-])cccc34)n3c2CNCC3)cc1.CO.O=C(Cl)c1ccc[nH]1. The first-order valence-corrected chi connectivity index (χ1v) is 39.8. The first-order valence-electron chi connectivity index (χ1n) is 39.5. The van der Waals surface area contributed by atoms with Gasteiger partial charge in [0.15, 0.2) is 17.1 Å². The topological polar surface area (TPSA) is 400 Å². The van der Waals surface area contributed by atoms with Gasteiger partial charge < -0.3 is 85.3 Å². The number of aromatic nitrogens is 9. The quantitative estimate of drug-likeness (QED) is 0.0177. The second-order valence-corrected chi connectivity index (χ2v) is 29.9. The number of benzene rings is 9. The van der Waals surface area contributed by atoms with Crippen molar-refractivity contribution in [1.29, 1.82) is 0 Å². The Morgan fingerprint density at radius 1 is 0.411 bits per heavy atom. The number of aliphatic hydroxyl groups is 1. The van der Waals surface area contributed by atoms with Gasteiger partial charge in [0.2, 0.25) is 0 Å². The van der Waals surface area contributed by atoms with E-state index in [4.69, 9.17) is 37.4 Å². The molecule has 32 nitrogen and oxygen atoms in total. The van der Waals surface area contributed by atoms with Crippen LogP contribution in [0.15, 0.2) is 237 Å². The maximum atomic E-state index is 13.7. The third kappa shape index (κ3) is 18.0. The van der Waals surface area contributed by atoms with E-state index in [-0.39, 0.29) is 58.7 Å². The molecular weight excluding hydrogens is 1600 g/mol. The van der Waals surface area contributed by atoms with E-state index < -0.39 is 16.1 Å². The molecule has 630 valence electrons. The minimum atomic E-state index is -0.449. The molecule has 0 unspecified atom stereocenters. The lowest BCUT2D eigenvalue weighted by atomic mass is 10.0. The number of aromatic amines is 3. The van der Waals surface area contributed by atoms with Gasteiger partial charge in [0.25, 0.3) is 46.2 Å². The zero-order valence-electron chi connectivity index (χ0n) is 68.7. The van der Waals surface area contributed by atoms with Crippen LogP contribution >= 0.6 is 11.6 Å². The highest BCUT2D eigenvalue weighted by atomic mass is 35.5. The number of rotatable bonds is 17. The largest absolute Gasteiger partial charge is 0.400 e. The van der Waals surface area contributed by atoms with E-state index in [1.165, 1.54) is 12.1 Å². The monoisotopic (exact) mass is 1690 g/mol. The molecular formula is C91H88ClN21O11. The Bertz CT molecular complexity index is 6480. The molecule has 15 aromatic rings. The number of nitro groups is 2. The summed E-state index contributed by atoms with van der Waals surface area (Å²) in [5.74, 6) is 0.535. The van der Waals surface area contributed by atoms with Crippen molar-refractivity contribution >= 4 is 130 Å². The van der Waals surface area contributed by atoms with Crippen molar-refractivity contribution in [2.45, 2.75) is 39.3 Å². The maximum absolute atomic E-state index is 13.7. The normalized spacial score (nSPS) is 12.4. The van der Waals surface area contributed by atoms with Crippen LogP contribution in [0.5, 0.6) is 0 Å². The summed E-state index contributed by atoms with van der Waals surface area (Å²) in [5.41, 5.74) is 18.7. The van der Waals surface area contributed by atoms with Crippen LogP contribution in [0.25, 0.3) is 66.5 Å². The Hall–Kier alpha value is -15.5. The number of nitrogens with two attached hydrogens (primary N) is 1. The molecule has 18 rings (SSSR count). The van der Waals surface area contributed by atoms with Crippen LogP contribution in [0, 0.1) is 20.2 Å². The van der Waals surface area contributed by atoms with Crippen molar-refractivity contribution in [2.75, 3.05) is 105 Å². The van der Waals surface area contributed by atoms with Crippen LogP contribution in [0.2, 0.25) is 0 Å². The van der Waals surface area contributed by atoms with Crippen molar-refractivity contribution in [2.24, 2.45) is 0 Å². The molecule has 0 spiro atoms. The zero-order valence-corrected chi connectivity index (χ0v) is 69.4. The van der Waals surface area contributed by atoms with E-state index in [9.17, 15) is 49.0 Å². The van der Waals surface area contributed by atoms with Gasteiger partial charge in [-0.15, -0.1) is 0 Å². The fraction of sp³-hybridized carbons (Fsp3) is 0.176. The Kier molecular flexibility index (Phi) is 25.6. The Morgan fingerprint density at radius 2 is 0.742 bits per heavy atom. The number of nitro benzene ring substituents is 2. The third-order valence-corrected chi connectivity index (χ3v) is 21.6. The summed E-state index contributed by atoms with van der Waals surface area (Å²) in [6.45, 7) is 4.16. The number of fused-ring (bicyclic) bond motifs is 6. The molecule has 0 fully saturated rings. The molecule has 9 heterocycles. The third-order valence-electron chi connectivity index (χ3n) is 21.4. The van der Waals surface area contributed by atoms with Crippen LogP contribution in [0.4, 0.5) is 51.2 Å². The standard InChI is InChI=1S/C30H27N7O4.C30H29N7O2.C25H24N6O3.C5H4ClNO.CH4O/c1-34(2)20-13-11-19(12-14-20)32-29(38)27-26-18-35(30(39)24-9-5-15-31-24)16-17-36(26)28(33-27)23-8-3-7-22-21(23)6-4-10-25(22)37(40)41;1-35(2)20-13-11-19(12-14-20)33-29(38)27-26-18-36(30(39)25-10-5-15-32-25)16-17-37(26)28(34-27)23-8-3-7-22-21(23)6-4-9-24(22)31;1-29(2)17-11-9-16(10-12-17)27-25(32)23-22-15-26-13-14-30(22)24(28-23)20-7-3-6-19-18(20)5-4-8-21(19)31(33)34;6-5(8)4-2-1-3-7-4;1-2/h3-15,31H,16-18H2,1-2H3,(H,32,38);3-15,32H,16-18,31H2,1-2H3,(H,33,38);3-12,26H,13-15H2,1-2H3,(H,27,32);1-3,7H;2H,1H3. The molecule has 6 aromatic heterocycles. The van der Waals surface area contributed by atoms with Gasteiger partial charge in [-0.2, -0.15) is 0 Å². The number of nitrogens with zero attached hydrogens (tertiary/aromatic N) is 13. The van der Waals surface area contributed by atoms with Crippen molar-refractivity contribution in [3.8, 4) is 34.2 Å². The van der Waals surface area contributed by atoms with E-state index in [0.29, 0.717) is 141 Å². The highest BCUT2D eigenvalue weighted by Gasteiger charge is 2.35. The van der Waals surface area contributed by atoms with Gasteiger partial charge in [-0.3, -0.25) is 49.0 Å². The molecule has 9 aromatic carbocycles. The number of carbonyl (C=O) groups excluding carboxylic acids is 6. The van der Waals surface area contributed by atoms with E-state index in [1.54, 1.807) is 101 Å². The average molecular weight is 1690 g/mol. The smallest absolute Gasteiger partial charge is 0.277 e. The molecule has 33 heteroatoms. The number of carbonyl (C=O) groups is 6. The van der Waals surface area contributed by atoms with Gasteiger partial charge in [0, 0.05) is 188 Å². The number of hydrogen-bond acceptors (Lipinski definition) is 19. The van der Waals surface area contributed by atoms with Gasteiger partial charge in [0.05, 0.1) is 56.5 Å². The number of nitrogen functional groups attached to an aromatic ring is 1. The Morgan fingerprint density at radius 3 is 1.09 bits per heavy atom. The number of halogens is 1. The van der Waals surface area contributed by atoms with Gasteiger partial charge in [-0.25, -0.2) is 15.0 Å². The van der Waals surface area contributed by atoms with Crippen molar-refractivity contribution in [3.05, 3.63) is 308 Å². The van der Waals surface area contributed by atoms with Crippen LogP contribution in [-0.2, 0) is 39.3 Å². The highest BCUT2D eigenvalue weighted by Crippen LogP contribution is 2.40. The van der Waals surface area contributed by atoms with Gasteiger partial charge in [-0.05, 0) is 155 Å². The lowest BCUT2D eigenvalue weighted by molar-refractivity contribution is -0.383. The lowest BCUT2D eigenvalue weighted by Crippen LogP contribution is -2.39. The van der Waals surface area contributed by atoms with Gasteiger partial charge in [0.1, 0.15) is 28.9 Å². The molecule has 5 amide bonds. The van der Waals surface area contributed by atoms with Crippen molar-refractivity contribution < 1.29 is 43.7 Å². The maximum Gasteiger partial charge on any atom is 0.277 e. The Labute approximate surface area is 715 Å². The summed E-state index contributed by atoms with van der Waals surface area (Å²) >= 11 is 5.07. The van der Waals surface area contributed by atoms with E-state index >= 15 is 0 Å². The lowest BCUT2D eigenvalue weighted by Gasteiger charge is -2.29. The first-order chi connectivity index (χ1) is 60.0. The zero-order chi connectivity index (χ0) is 87.6. The van der Waals surface area contributed by atoms with Gasteiger partial charge >= 0.3 is 0 Å². The van der Waals surface area contributed by atoms with Crippen LogP contribution in [0.1, 0.15) is 80.0 Å². The minimum Gasteiger partial charge on any atom is -0.400 e. The minimum absolute atomic E-state index is 0.00312. The van der Waals surface area contributed by atoms with Crippen LogP contribution in [0.3, 0.4) is 0 Å². The predicted molar refractivity (Wildman–Crippen MR) is 481 cm³/mol. The second kappa shape index (κ2) is 37.4. The molecule has 0 aliphatic carbocycles. The average Bonchev–Trinajstić information content (AvgIpc) is 1.59. The van der Waals surface area contributed by atoms with E-state index in [0.717, 1.165) is 63.7 Å². The number of nitrogens with one attached hydrogen (secondary N) is 7. The Balaban J connectivity index is 0.000000144. The van der Waals surface area contributed by atoms with Crippen molar-refractivity contribution in [1.82, 2.24) is 58.7 Å². The highest BCUT2D eigenvalue weighted by molar-refractivity contribution is 6.67. The number of imidazole rings is 3. The molecule has 10 N–H and O–H groups in total. The number of hydrogen-bond donors (Lipinski definition) is 9. The predicted octanol–water partition coefficient (Wildman–Crippen LogP) is 14.5. The summed E-state index contributed by atoms with van der Waals surface area (Å²) in [7, 11) is 12.7. The van der Waals surface area contributed by atoms with E-state index in [2.05, 4.69) is 40.8 Å². The molecule has 0 saturated carbocycles. The summed E-state index contributed by atoms with van der Waals surface area (Å²) in [4.78, 5) is 132. The molecule has 3 aliphatic heterocycles. The number of non-ortho nitro benzene ring substituents is 2. The fourth-order valence-corrected chi connectivity index (χ4v) is 15.3. The number of amides is 5. The molecule has 0 saturated heterocycles. The number of anilines is 7. The van der Waals surface area contributed by atoms with Crippen molar-refractivity contribution in [3.63, 3.8) is 0 Å². The summed E-state index contributed by atoms with van der Waals surface area (Å²) < 4.78 is 6.03. The van der Waals surface area contributed by atoms with Crippen LogP contribution in [-0.4, -0.2) is 172 Å². The second-order valence-electron chi connectivity index (χ2n) is 29.6. The van der Waals surface area contributed by atoms with E-state index in [1.807, 2.05) is 200 Å². The molecule has 0 bridgehead atoms. The van der Waals surface area contributed by atoms with Crippen LogP contribution < -0.4 is 41.7 Å². The number of aliphatic hydroxyl groups excluding tert-OH is 1. The molecule has 3 aliphatic rings. The first kappa shape index (κ1) is 84.9.